The molecular weight excluding hydrogens is 254 g/mol. The minimum Gasteiger partial charge on any atom is -0.357 e. The summed E-state index contributed by atoms with van der Waals surface area (Å²) in [4.78, 5) is 12.9. The van der Waals surface area contributed by atoms with Crippen molar-refractivity contribution in [3.05, 3.63) is 18.5 Å². The van der Waals surface area contributed by atoms with Crippen molar-refractivity contribution in [2.45, 2.75) is 27.2 Å². The fourth-order valence-corrected chi connectivity index (χ4v) is 1.59. The van der Waals surface area contributed by atoms with Crippen LogP contribution in [-0.2, 0) is 0 Å². The third-order valence-corrected chi connectivity index (χ3v) is 2.71. The zero-order valence-corrected chi connectivity index (χ0v) is 12.4. The van der Waals surface area contributed by atoms with Crippen LogP contribution >= 0.6 is 0 Å². The summed E-state index contributed by atoms with van der Waals surface area (Å²) in [6.07, 6.45) is 4.52. The first-order valence-electron chi connectivity index (χ1n) is 6.66. The molecule has 0 aliphatic heterocycles. The van der Waals surface area contributed by atoms with Gasteiger partial charge in [0.05, 0.1) is 0 Å². The Kier molecular flexibility index (Phi) is 4.16. The molecule has 0 saturated carbocycles. The molecule has 0 bridgehead atoms. The molecule has 0 fully saturated rings. The van der Waals surface area contributed by atoms with Gasteiger partial charge in [0.15, 0.2) is 0 Å². The number of hydrogen-bond donors (Lipinski definition) is 2. The molecule has 2 aromatic rings. The Morgan fingerprint density at radius 3 is 2.50 bits per heavy atom. The SMILES string of the molecule is CNc1nc(NCCC(C)(C)C)nc(-n2cccn2)n1. The summed E-state index contributed by atoms with van der Waals surface area (Å²) >= 11 is 0. The second-order valence-electron chi connectivity index (χ2n) is 5.72. The van der Waals surface area contributed by atoms with Gasteiger partial charge in [0.25, 0.3) is 5.95 Å². The van der Waals surface area contributed by atoms with E-state index in [1.165, 1.54) is 0 Å². The minimum absolute atomic E-state index is 0.274. The fraction of sp³-hybridized carbons (Fsp3) is 0.538. The highest BCUT2D eigenvalue weighted by Crippen LogP contribution is 2.18. The van der Waals surface area contributed by atoms with Crippen LogP contribution in [-0.4, -0.2) is 38.3 Å². The first-order chi connectivity index (χ1) is 9.48. The van der Waals surface area contributed by atoms with Gasteiger partial charge in [-0.05, 0) is 17.9 Å². The molecule has 2 heterocycles. The summed E-state index contributed by atoms with van der Waals surface area (Å²) in [5.74, 6) is 1.57. The van der Waals surface area contributed by atoms with Crippen molar-refractivity contribution in [1.82, 2.24) is 24.7 Å². The van der Waals surface area contributed by atoms with Crippen LogP contribution in [0.4, 0.5) is 11.9 Å². The lowest BCUT2D eigenvalue weighted by Crippen LogP contribution is -2.16. The molecule has 2 N–H and O–H groups in total. The number of hydrogen-bond acceptors (Lipinski definition) is 6. The van der Waals surface area contributed by atoms with Crippen LogP contribution < -0.4 is 10.6 Å². The average Bonchev–Trinajstić information content (AvgIpc) is 2.90. The molecule has 7 nitrogen and oxygen atoms in total. The van der Waals surface area contributed by atoms with Gasteiger partial charge in [-0.3, -0.25) is 0 Å². The van der Waals surface area contributed by atoms with E-state index in [1.54, 1.807) is 24.1 Å². The molecule has 2 rings (SSSR count). The number of rotatable bonds is 5. The monoisotopic (exact) mass is 275 g/mol. The number of anilines is 2. The summed E-state index contributed by atoms with van der Waals surface area (Å²) in [5, 5.41) is 10.3. The van der Waals surface area contributed by atoms with Gasteiger partial charge >= 0.3 is 0 Å². The molecule has 0 aromatic carbocycles. The molecule has 0 unspecified atom stereocenters. The highest BCUT2D eigenvalue weighted by Gasteiger charge is 2.11. The molecule has 2 aromatic heterocycles. The van der Waals surface area contributed by atoms with Gasteiger partial charge in [-0.25, -0.2) is 4.68 Å². The lowest BCUT2D eigenvalue weighted by atomic mass is 9.92. The van der Waals surface area contributed by atoms with Gasteiger partial charge in [-0.2, -0.15) is 20.1 Å². The van der Waals surface area contributed by atoms with E-state index in [2.05, 4.69) is 51.5 Å². The van der Waals surface area contributed by atoms with E-state index in [1.807, 2.05) is 6.07 Å². The van der Waals surface area contributed by atoms with Gasteiger partial charge in [0.2, 0.25) is 11.9 Å². The highest BCUT2D eigenvalue weighted by atomic mass is 15.4. The molecule has 0 atom stereocenters. The van der Waals surface area contributed by atoms with E-state index in [-0.39, 0.29) is 5.41 Å². The quantitative estimate of drug-likeness (QED) is 0.868. The van der Waals surface area contributed by atoms with Crippen LogP contribution in [0.5, 0.6) is 0 Å². The molecule has 0 aliphatic rings. The zero-order valence-electron chi connectivity index (χ0n) is 12.4. The van der Waals surface area contributed by atoms with Crippen molar-refractivity contribution in [2.24, 2.45) is 5.41 Å². The maximum Gasteiger partial charge on any atom is 0.257 e. The van der Waals surface area contributed by atoms with E-state index >= 15 is 0 Å². The third kappa shape index (κ3) is 3.91. The smallest absolute Gasteiger partial charge is 0.257 e. The second-order valence-corrected chi connectivity index (χ2v) is 5.72. The number of aromatic nitrogens is 5. The lowest BCUT2D eigenvalue weighted by molar-refractivity contribution is 0.389. The van der Waals surface area contributed by atoms with Crippen LogP contribution in [0.3, 0.4) is 0 Å². The summed E-state index contributed by atoms with van der Waals surface area (Å²) < 4.78 is 1.61. The normalized spacial score (nSPS) is 11.4. The topological polar surface area (TPSA) is 80.5 Å². The van der Waals surface area contributed by atoms with Crippen molar-refractivity contribution in [3.8, 4) is 5.95 Å². The third-order valence-electron chi connectivity index (χ3n) is 2.71. The van der Waals surface area contributed by atoms with Gasteiger partial charge in [0.1, 0.15) is 0 Å². The number of nitrogens with one attached hydrogen (secondary N) is 2. The Bertz CT molecular complexity index is 542. The fourth-order valence-electron chi connectivity index (χ4n) is 1.59. The van der Waals surface area contributed by atoms with E-state index < -0.39 is 0 Å². The Morgan fingerprint density at radius 2 is 1.90 bits per heavy atom. The van der Waals surface area contributed by atoms with Crippen molar-refractivity contribution in [1.29, 1.82) is 0 Å². The van der Waals surface area contributed by atoms with Crippen LogP contribution in [0.1, 0.15) is 27.2 Å². The second kappa shape index (κ2) is 5.85. The minimum atomic E-state index is 0.274. The van der Waals surface area contributed by atoms with Crippen LogP contribution in [0.2, 0.25) is 0 Å². The van der Waals surface area contributed by atoms with E-state index in [4.69, 9.17) is 0 Å². The van der Waals surface area contributed by atoms with Crippen molar-refractivity contribution in [2.75, 3.05) is 24.2 Å². The Balaban J connectivity index is 2.14. The van der Waals surface area contributed by atoms with E-state index in [9.17, 15) is 0 Å². The van der Waals surface area contributed by atoms with E-state index in [0.717, 1.165) is 13.0 Å². The Morgan fingerprint density at radius 1 is 1.15 bits per heavy atom. The van der Waals surface area contributed by atoms with Gasteiger partial charge in [-0.15, -0.1) is 0 Å². The highest BCUT2D eigenvalue weighted by molar-refractivity contribution is 5.37. The largest absolute Gasteiger partial charge is 0.357 e. The molecule has 0 radical (unpaired) electrons. The van der Waals surface area contributed by atoms with Gasteiger partial charge in [0, 0.05) is 26.0 Å². The summed E-state index contributed by atoms with van der Waals surface area (Å²) in [6.45, 7) is 7.43. The van der Waals surface area contributed by atoms with Crippen LogP contribution in [0.15, 0.2) is 18.5 Å². The van der Waals surface area contributed by atoms with Crippen molar-refractivity contribution in [3.63, 3.8) is 0 Å². The lowest BCUT2D eigenvalue weighted by Gasteiger charge is -2.18. The molecular formula is C13H21N7. The number of nitrogens with zero attached hydrogens (tertiary/aromatic N) is 5. The predicted molar refractivity (Wildman–Crippen MR) is 79.1 cm³/mol. The average molecular weight is 275 g/mol. The van der Waals surface area contributed by atoms with Crippen molar-refractivity contribution >= 4 is 11.9 Å². The molecule has 7 heteroatoms. The van der Waals surface area contributed by atoms with E-state index in [0.29, 0.717) is 17.8 Å². The molecule has 108 valence electrons. The predicted octanol–water partition coefficient (Wildman–Crippen LogP) is 1.95. The van der Waals surface area contributed by atoms with Crippen molar-refractivity contribution < 1.29 is 0 Å². The Hall–Kier alpha value is -2.18. The Labute approximate surface area is 118 Å². The molecule has 20 heavy (non-hydrogen) atoms. The first-order valence-corrected chi connectivity index (χ1v) is 6.66. The molecule has 0 aliphatic carbocycles. The summed E-state index contributed by atoms with van der Waals surface area (Å²) in [7, 11) is 1.78. The summed E-state index contributed by atoms with van der Waals surface area (Å²) in [5.41, 5.74) is 0.274. The standard InChI is InChI=1S/C13H21N7/c1-13(2,3)6-8-15-11-17-10(14-4)18-12(19-11)20-9-5-7-16-20/h5,7,9H,6,8H2,1-4H3,(H2,14,15,17,18,19). The maximum atomic E-state index is 4.37. The van der Waals surface area contributed by atoms with Crippen LogP contribution in [0.25, 0.3) is 5.95 Å². The molecule has 0 amide bonds. The van der Waals surface area contributed by atoms with Crippen LogP contribution in [0, 0.1) is 5.41 Å². The molecule has 0 saturated heterocycles. The zero-order chi connectivity index (χ0) is 14.6. The van der Waals surface area contributed by atoms with Gasteiger partial charge < -0.3 is 10.6 Å². The maximum absolute atomic E-state index is 4.37. The molecule has 0 spiro atoms. The first kappa shape index (κ1) is 14.2. The summed E-state index contributed by atoms with van der Waals surface area (Å²) in [6, 6.07) is 1.83. The van der Waals surface area contributed by atoms with Gasteiger partial charge in [-0.1, -0.05) is 20.8 Å².